The van der Waals surface area contributed by atoms with Crippen molar-refractivity contribution in [1.82, 2.24) is 15.1 Å². The number of rotatable bonds is 2. The maximum absolute atomic E-state index is 11.5. The lowest BCUT2D eigenvalue weighted by atomic mass is 10.1. The van der Waals surface area contributed by atoms with Crippen LogP contribution < -0.4 is 5.32 Å². The average Bonchev–Trinajstić information content (AvgIpc) is 2.76. The maximum atomic E-state index is 11.5. The molecule has 1 aromatic rings. The molecule has 2 N–H and O–H groups in total. The molecule has 0 bridgehead atoms. The first-order chi connectivity index (χ1) is 9.15. The van der Waals surface area contributed by atoms with Gasteiger partial charge in [-0.15, -0.1) is 0 Å². The van der Waals surface area contributed by atoms with E-state index in [4.69, 9.17) is 11.6 Å². The number of halogens is 1. The van der Waals surface area contributed by atoms with Crippen LogP contribution in [-0.2, 0) is 6.54 Å². The number of hydrogen-bond donors (Lipinski definition) is 2. The number of amides is 2. The van der Waals surface area contributed by atoms with E-state index >= 15 is 0 Å². The molecule has 1 unspecified atom stereocenters. The number of urea groups is 1. The number of benzene rings is 1. The van der Waals surface area contributed by atoms with Crippen LogP contribution in [0.2, 0.25) is 5.02 Å². The quantitative estimate of drug-likeness (QED) is 0.858. The molecule has 0 radical (unpaired) electrons. The highest BCUT2D eigenvalue weighted by Crippen LogP contribution is 2.27. The Balaban J connectivity index is 1.70. The Morgan fingerprint density at radius 2 is 2.26 bits per heavy atom. The van der Waals surface area contributed by atoms with Crippen LogP contribution >= 0.6 is 11.6 Å². The van der Waals surface area contributed by atoms with E-state index in [1.54, 1.807) is 18.2 Å². The zero-order valence-electron chi connectivity index (χ0n) is 10.5. The van der Waals surface area contributed by atoms with Gasteiger partial charge in [-0.2, -0.15) is 0 Å². The highest BCUT2D eigenvalue weighted by Gasteiger charge is 2.35. The predicted octanol–water partition coefficient (Wildman–Crippen LogP) is 1.26. The molecule has 2 amide bonds. The lowest BCUT2D eigenvalue weighted by Gasteiger charge is -2.36. The summed E-state index contributed by atoms with van der Waals surface area (Å²) < 4.78 is 0. The summed E-state index contributed by atoms with van der Waals surface area (Å²) in [6, 6.07) is 5.43. The fourth-order valence-corrected chi connectivity index (χ4v) is 2.97. The minimum atomic E-state index is 0.0326. The third kappa shape index (κ3) is 2.35. The highest BCUT2D eigenvalue weighted by atomic mass is 35.5. The lowest BCUT2D eigenvalue weighted by molar-refractivity contribution is 0.116. The fraction of sp³-hybridized carbons (Fsp3) is 0.462. The molecule has 1 atom stereocenters. The zero-order chi connectivity index (χ0) is 13.4. The molecule has 2 saturated heterocycles. The third-order valence-electron chi connectivity index (χ3n) is 3.79. The molecule has 0 spiro atoms. The fourth-order valence-electron chi connectivity index (χ4n) is 2.74. The van der Waals surface area contributed by atoms with Gasteiger partial charge in [0.2, 0.25) is 0 Å². The summed E-state index contributed by atoms with van der Waals surface area (Å²) in [6.45, 7) is 3.65. The van der Waals surface area contributed by atoms with Crippen LogP contribution in [0.5, 0.6) is 5.75 Å². The van der Waals surface area contributed by atoms with Crippen molar-refractivity contribution in [2.75, 3.05) is 26.2 Å². The van der Waals surface area contributed by atoms with E-state index in [-0.39, 0.29) is 17.8 Å². The molecule has 0 aliphatic carbocycles. The molecule has 2 aliphatic rings. The van der Waals surface area contributed by atoms with Crippen molar-refractivity contribution in [3.05, 3.63) is 28.8 Å². The molecule has 102 valence electrons. The Bertz CT molecular complexity index is 488. The molecule has 2 heterocycles. The second-order valence-corrected chi connectivity index (χ2v) is 5.41. The van der Waals surface area contributed by atoms with Crippen LogP contribution in [0, 0.1) is 0 Å². The van der Waals surface area contributed by atoms with Gasteiger partial charge in [0.05, 0.1) is 6.04 Å². The Kier molecular flexibility index (Phi) is 3.24. The van der Waals surface area contributed by atoms with Crippen LogP contribution in [0.3, 0.4) is 0 Å². The van der Waals surface area contributed by atoms with Gasteiger partial charge in [-0.3, -0.25) is 4.90 Å². The number of phenolic OH excluding ortho intramolecular Hbond substituents is 1. The van der Waals surface area contributed by atoms with Crippen LogP contribution in [0.1, 0.15) is 5.56 Å². The van der Waals surface area contributed by atoms with Crippen LogP contribution in [0.4, 0.5) is 4.79 Å². The lowest BCUT2D eigenvalue weighted by Crippen LogP contribution is -2.51. The number of fused-ring (bicyclic) bond motifs is 1. The van der Waals surface area contributed by atoms with E-state index in [0.717, 1.165) is 25.2 Å². The van der Waals surface area contributed by atoms with Gasteiger partial charge in [0.15, 0.2) is 0 Å². The monoisotopic (exact) mass is 281 g/mol. The molecular formula is C13H16ClN3O2. The van der Waals surface area contributed by atoms with Gasteiger partial charge >= 0.3 is 6.03 Å². The second-order valence-electron chi connectivity index (χ2n) is 5.01. The normalized spacial score (nSPS) is 23.3. The summed E-state index contributed by atoms with van der Waals surface area (Å²) in [5.74, 6) is 0.232. The number of phenols is 1. The molecule has 19 heavy (non-hydrogen) atoms. The first kappa shape index (κ1) is 12.6. The van der Waals surface area contributed by atoms with Gasteiger partial charge in [-0.25, -0.2) is 4.79 Å². The van der Waals surface area contributed by atoms with E-state index in [0.29, 0.717) is 18.1 Å². The van der Waals surface area contributed by atoms with Gasteiger partial charge in [-0.05, 0) is 12.1 Å². The van der Waals surface area contributed by atoms with Gasteiger partial charge in [0.1, 0.15) is 5.75 Å². The number of piperazine rings is 1. The minimum absolute atomic E-state index is 0.0326. The third-order valence-corrected chi connectivity index (χ3v) is 4.15. The molecule has 0 aromatic heterocycles. The Hall–Kier alpha value is -1.46. The number of aromatic hydroxyl groups is 1. The molecule has 0 saturated carbocycles. The summed E-state index contributed by atoms with van der Waals surface area (Å²) in [7, 11) is 0. The van der Waals surface area contributed by atoms with Crippen molar-refractivity contribution in [2.24, 2.45) is 0 Å². The topological polar surface area (TPSA) is 55.8 Å². The number of hydrogen-bond acceptors (Lipinski definition) is 3. The van der Waals surface area contributed by atoms with E-state index in [2.05, 4.69) is 10.2 Å². The van der Waals surface area contributed by atoms with Gasteiger partial charge in [0.25, 0.3) is 0 Å². The van der Waals surface area contributed by atoms with E-state index < -0.39 is 0 Å². The molecule has 2 aliphatic heterocycles. The first-order valence-electron chi connectivity index (χ1n) is 6.38. The Morgan fingerprint density at radius 1 is 1.42 bits per heavy atom. The van der Waals surface area contributed by atoms with Crippen molar-refractivity contribution in [1.29, 1.82) is 0 Å². The van der Waals surface area contributed by atoms with Crippen LogP contribution in [0.15, 0.2) is 18.2 Å². The standard InChI is InChI=1S/C13H16ClN3O2/c14-11-2-1-3-12(18)10(11)8-16-4-5-17-9(7-16)6-15-13(17)19/h1-3,9,18H,4-8H2,(H,15,19). The van der Waals surface area contributed by atoms with Crippen LogP contribution in [0.25, 0.3) is 0 Å². The van der Waals surface area contributed by atoms with Gasteiger partial charge in [-0.1, -0.05) is 17.7 Å². The molecule has 5 nitrogen and oxygen atoms in total. The average molecular weight is 282 g/mol. The molecule has 1 aromatic carbocycles. The second kappa shape index (κ2) is 4.90. The molecule has 3 rings (SSSR count). The highest BCUT2D eigenvalue weighted by molar-refractivity contribution is 6.31. The molecule has 2 fully saturated rings. The summed E-state index contributed by atoms with van der Waals surface area (Å²) in [5, 5.41) is 13.3. The van der Waals surface area contributed by atoms with Crippen molar-refractivity contribution in [2.45, 2.75) is 12.6 Å². The summed E-state index contributed by atoms with van der Waals surface area (Å²) >= 11 is 6.12. The number of carbonyl (C=O) groups excluding carboxylic acids is 1. The molecule has 6 heteroatoms. The minimum Gasteiger partial charge on any atom is -0.508 e. The Labute approximate surface area is 116 Å². The largest absolute Gasteiger partial charge is 0.508 e. The summed E-state index contributed by atoms with van der Waals surface area (Å²) in [4.78, 5) is 15.6. The molecular weight excluding hydrogens is 266 g/mol. The summed E-state index contributed by atoms with van der Waals surface area (Å²) in [6.07, 6.45) is 0. The zero-order valence-corrected chi connectivity index (χ0v) is 11.2. The summed E-state index contributed by atoms with van der Waals surface area (Å²) in [5.41, 5.74) is 0.759. The van der Waals surface area contributed by atoms with Gasteiger partial charge in [0, 0.05) is 43.3 Å². The van der Waals surface area contributed by atoms with Crippen LogP contribution in [-0.4, -0.2) is 53.2 Å². The van der Waals surface area contributed by atoms with Crippen molar-refractivity contribution in [3.8, 4) is 5.75 Å². The van der Waals surface area contributed by atoms with Gasteiger partial charge < -0.3 is 15.3 Å². The SMILES string of the molecule is O=C1NCC2CN(Cc3c(O)cccc3Cl)CCN12. The van der Waals surface area contributed by atoms with E-state index in [1.165, 1.54) is 0 Å². The van der Waals surface area contributed by atoms with E-state index in [9.17, 15) is 9.90 Å². The van der Waals surface area contributed by atoms with Crippen molar-refractivity contribution >= 4 is 17.6 Å². The first-order valence-corrected chi connectivity index (χ1v) is 6.76. The predicted molar refractivity (Wildman–Crippen MR) is 72.3 cm³/mol. The van der Waals surface area contributed by atoms with Crippen molar-refractivity contribution in [3.63, 3.8) is 0 Å². The maximum Gasteiger partial charge on any atom is 0.317 e. The number of nitrogens with one attached hydrogen (secondary N) is 1. The van der Waals surface area contributed by atoms with E-state index in [1.807, 2.05) is 4.90 Å². The smallest absolute Gasteiger partial charge is 0.317 e. The van der Waals surface area contributed by atoms with Crippen molar-refractivity contribution < 1.29 is 9.90 Å². The Morgan fingerprint density at radius 3 is 3.05 bits per heavy atom. The number of carbonyl (C=O) groups is 1. The number of nitrogens with zero attached hydrogens (tertiary/aromatic N) is 2.